The third-order valence-corrected chi connectivity index (χ3v) is 3.87. The normalized spacial score (nSPS) is 17.8. The second-order valence-corrected chi connectivity index (χ2v) is 6.04. The van der Waals surface area contributed by atoms with Gasteiger partial charge in [-0.3, -0.25) is 0 Å². The molecule has 1 aromatic heterocycles. The topological polar surface area (TPSA) is 19.4 Å². The number of anilines is 1. The number of rotatable bonds is 3. The summed E-state index contributed by atoms with van der Waals surface area (Å²) in [7, 11) is 0. The van der Waals surface area contributed by atoms with Crippen molar-refractivity contribution in [2.75, 3.05) is 43.0 Å². The molecule has 0 bridgehead atoms. The van der Waals surface area contributed by atoms with Gasteiger partial charge in [-0.2, -0.15) is 0 Å². The molecule has 0 spiro atoms. The Kier molecular flexibility index (Phi) is 5.38. The minimum Gasteiger partial charge on any atom is -0.353 e. The average molecular weight is 381 g/mol. The molecule has 2 heterocycles. The summed E-state index contributed by atoms with van der Waals surface area (Å²) in [6.07, 6.45) is 2.70. The summed E-state index contributed by atoms with van der Waals surface area (Å²) in [6.45, 7) is 4.77. The van der Waals surface area contributed by atoms with E-state index in [1.165, 1.54) is 6.07 Å². The Balaban J connectivity index is 2.05. The van der Waals surface area contributed by atoms with E-state index in [1.807, 2.05) is 4.90 Å². The van der Waals surface area contributed by atoms with Crippen molar-refractivity contribution in [3.8, 4) is 0 Å². The highest BCUT2D eigenvalue weighted by atomic mass is 79.9. The van der Waals surface area contributed by atoms with Crippen LogP contribution in [0, 0.1) is 5.82 Å². The van der Waals surface area contributed by atoms with Gasteiger partial charge in [0.15, 0.2) is 11.6 Å². The largest absolute Gasteiger partial charge is 0.353 e. The summed E-state index contributed by atoms with van der Waals surface area (Å²) in [6, 6.07) is 1.48. The standard InChI is InChI=1S/C12H16Br2FN3/c13-2-5-17-3-1-4-18(7-6-17)12-11(15)8-10(14)9-16-12/h8-9H,1-7H2. The number of pyridine rings is 1. The van der Waals surface area contributed by atoms with Crippen LogP contribution in [0.2, 0.25) is 0 Å². The predicted molar refractivity (Wildman–Crippen MR) is 79.0 cm³/mol. The number of hydrogen-bond acceptors (Lipinski definition) is 3. The van der Waals surface area contributed by atoms with E-state index in [4.69, 9.17) is 0 Å². The third kappa shape index (κ3) is 3.65. The van der Waals surface area contributed by atoms with E-state index in [1.54, 1.807) is 6.20 Å². The van der Waals surface area contributed by atoms with Crippen LogP contribution < -0.4 is 4.90 Å². The smallest absolute Gasteiger partial charge is 0.166 e. The zero-order valence-electron chi connectivity index (χ0n) is 10.1. The molecule has 6 heteroatoms. The number of alkyl halides is 1. The van der Waals surface area contributed by atoms with Crippen LogP contribution >= 0.6 is 31.9 Å². The first-order chi connectivity index (χ1) is 8.70. The van der Waals surface area contributed by atoms with Crippen molar-refractivity contribution in [3.63, 3.8) is 0 Å². The van der Waals surface area contributed by atoms with Crippen LogP contribution in [0.4, 0.5) is 10.2 Å². The van der Waals surface area contributed by atoms with E-state index < -0.39 is 0 Å². The fourth-order valence-corrected chi connectivity index (χ4v) is 2.97. The molecule has 1 aliphatic rings. The van der Waals surface area contributed by atoms with Crippen molar-refractivity contribution >= 4 is 37.7 Å². The van der Waals surface area contributed by atoms with Crippen molar-refractivity contribution in [1.82, 2.24) is 9.88 Å². The maximum Gasteiger partial charge on any atom is 0.166 e. The molecule has 0 radical (unpaired) electrons. The fourth-order valence-electron chi connectivity index (χ4n) is 2.17. The molecule has 1 saturated heterocycles. The molecule has 18 heavy (non-hydrogen) atoms. The van der Waals surface area contributed by atoms with E-state index in [0.29, 0.717) is 10.3 Å². The summed E-state index contributed by atoms with van der Waals surface area (Å²) < 4.78 is 14.5. The molecule has 0 aliphatic carbocycles. The molecule has 1 fully saturated rings. The number of hydrogen-bond donors (Lipinski definition) is 0. The lowest BCUT2D eigenvalue weighted by molar-refractivity contribution is 0.313. The molecule has 1 aromatic rings. The van der Waals surface area contributed by atoms with Crippen LogP contribution in [0.1, 0.15) is 6.42 Å². The highest BCUT2D eigenvalue weighted by molar-refractivity contribution is 9.10. The highest BCUT2D eigenvalue weighted by Gasteiger charge is 2.18. The van der Waals surface area contributed by atoms with E-state index in [2.05, 4.69) is 41.7 Å². The van der Waals surface area contributed by atoms with Gasteiger partial charge in [0.05, 0.1) is 0 Å². The first-order valence-electron chi connectivity index (χ1n) is 6.05. The Labute approximate surface area is 124 Å². The molecule has 0 amide bonds. The van der Waals surface area contributed by atoms with Crippen molar-refractivity contribution in [2.24, 2.45) is 0 Å². The molecule has 3 nitrogen and oxygen atoms in total. The van der Waals surface area contributed by atoms with Gasteiger partial charge in [0, 0.05) is 42.2 Å². The van der Waals surface area contributed by atoms with Gasteiger partial charge in [-0.15, -0.1) is 0 Å². The van der Waals surface area contributed by atoms with Crippen molar-refractivity contribution in [3.05, 3.63) is 22.6 Å². The minimum absolute atomic E-state index is 0.252. The van der Waals surface area contributed by atoms with Gasteiger partial charge in [0.1, 0.15) is 0 Å². The van der Waals surface area contributed by atoms with Crippen LogP contribution in [0.15, 0.2) is 16.7 Å². The average Bonchev–Trinajstić information content (AvgIpc) is 2.55. The maximum atomic E-state index is 13.9. The van der Waals surface area contributed by atoms with Crippen LogP contribution in [0.25, 0.3) is 0 Å². The van der Waals surface area contributed by atoms with Crippen molar-refractivity contribution in [1.29, 1.82) is 0 Å². The van der Waals surface area contributed by atoms with Crippen LogP contribution in [-0.2, 0) is 0 Å². The van der Waals surface area contributed by atoms with Crippen LogP contribution in [-0.4, -0.2) is 47.9 Å². The SMILES string of the molecule is Fc1cc(Br)cnc1N1CCCN(CCBr)CC1. The lowest BCUT2D eigenvalue weighted by Crippen LogP contribution is -2.32. The zero-order valence-corrected chi connectivity index (χ0v) is 13.3. The molecule has 0 unspecified atom stereocenters. The molecule has 2 rings (SSSR count). The number of aromatic nitrogens is 1. The predicted octanol–water partition coefficient (Wildman–Crippen LogP) is 2.89. The van der Waals surface area contributed by atoms with Crippen LogP contribution in [0.5, 0.6) is 0 Å². The summed E-state index contributed by atoms with van der Waals surface area (Å²) in [5.74, 6) is 0.220. The lowest BCUT2D eigenvalue weighted by atomic mass is 10.3. The Morgan fingerprint density at radius 1 is 1.28 bits per heavy atom. The van der Waals surface area contributed by atoms with E-state index in [0.717, 1.165) is 44.5 Å². The first kappa shape index (κ1) is 14.2. The highest BCUT2D eigenvalue weighted by Crippen LogP contribution is 2.21. The molecule has 1 aliphatic heterocycles. The summed E-state index contributed by atoms with van der Waals surface area (Å²) >= 11 is 6.69. The number of nitrogens with zero attached hydrogens (tertiary/aromatic N) is 3. The first-order valence-corrected chi connectivity index (χ1v) is 7.96. The second-order valence-electron chi connectivity index (χ2n) is 4.33. The third-order valence-electron chi connectivity index (χ3n) is 3.08. The molecular weight excluding hydrogens is 365 g/mol. The fraction of sp³-hybridized carbons (Fsp3) is 0.583. The Hall–Kier alpha value is -0.200. The van der Waals surface area contributed by atoms with Gasteiger partial charge >= 0.3 is 0 Å². The summed E-state index contributed by atoms with van der Waals surface area (Å²) in [5, 5.41) is 0.984. The Morgan fingerprint density at radius 3 is 2.83 bits per heavy atom. The van der Waals surface area contributed by atoms with Gasteiger partial charge in [-0.05, 0) is 35.0 Å². The minimum atomic E-state index is -0.252. The van der Waals surface area contributed by atoms with Gasteiger partial charge in [-0.1, -0.05) is 15.9 Å². The zero-order chi connectivity index (χ0) is 13.0. The van der Waals surface area contributed by atoms with Gasteiger partial charge < -0.3 is 9.80 Å². The van der Waals surface area contributed by atoms with Gasteiger partial charge in [0.2, 0.25) is 0 Å². The molecular formula is C12H16Br2FN3. The van der Waals surface area contributed by atoms with Gasteiger partial charge in [-0.25, -0.2) is 9.37 Å². The van der Waals surface area contributed by atoms with E-state index in [-0.39, 0.29) is 5.82 Å². The number of halogens is 3. The van der Waals surface area contributed by atoms with Crippen LogP contribution in [0.3, 0.4) is 0 Å². The molecule has 0 saturated carbocycles. The molecule has 100 valence electrons. The monoisotopic (exact) mass is 379 g/mol. The summed E-state index contributed by atoms with van der Waals surface area (Å²) in [5.41, 5.74) is 0. The Morgan fingerprint density at radius 2 is 2.11 bits per heavy atom. The molecule has 0 aromatic carbocycles. The summed E-state index contributed by atoms with van der Waals surface area (Å²) in [4.78, 5) is 8.62. The second kappa shape index (κ2) is 6.82. The molecule has 0 atom stereocenters. The Bertz CT molecular complexity index is 403. The van der Waals surface area contributed by atoms with Gasteiger partial charge in [0.25, 0.3) is 0 Å². The quantitative estimate of drug-likeness (QED) is 0.751. The van der Waals surface area contributed by atoms with Crippen molar-refractivity contribution < 1.29 is 4.39 Å². The lowest BCUT2D eigenvalue weighted by Gasteiger charge is -2.22. The van der Waals surface area contributed by atoms with E-state index >= 15 is 0 Å². The molecule has 0 N–H and O–H groups in total. The van der Waals surface area contributed by atoms with E-state index in [9.17, 15) is 4.39 Å². The maximum absolute atomic E-state index is 13.9. The van der Waals surface area contributed by atoms with Crippen molar-refractivity contribution in [2.45, 2.75) is 6.42 Å².